The maximum atomic E-state index is 3.58. The molecular formula is C18H32N2S. The topological polar surface area (TPSA) is 15.3 Å². The second-order valence-electron chi connectivity index (χ2n) is 7.38. The summed E-state index contributed by atoms with van der Waals surface area (Å²) in [6, 6.07) is 5.46. The zero-order valence-electron chi connectivity index (χ0n) is 14.2. The molecule has 1 aliphatic rings. The van der Waals surface area contributed by atoms with Crippen LogP contribution in [-0.2, 0) is 13.1 Å². The van der Waals surface area contributed by atoms with Crippen molar-refractivity contribution in [1.82, 2.24) is 10.2 Å². The summed E-state index contributed by atoms with van der Waals surface area (Å²) in [6.07, 6.45) is 6.88. The van der Waals surface area contributed by atoms with Crippen LogP contribution in [0.15, 0.2) is 12.1 Å². The first-order valence-corrected chi connectivity index (χ1v) is 9.36. The first-order valence-electron chi connectivity index (χ1n) is 8.54. The highest BCUT2D eigenvalue weighted by molar-refractivity contribution is 7.11. The van der Waals surface area contributed by atoms with Gasteiger partial charge in [-0.3, -0.25) is 4.90 Å². The van der Waals surface area contributed by atoms with E-state index in [4.69, 9.17) is 0 Å². The van der Waals surface area contributed by atoms with Crippen molar-refractivity contribution in [3.8, 4) is 0 Å². The summed E-state index contributed by atoms with van der Waals surface area (Å²) in [4.78, 5) is 5.72. The summed E-state index contributed by atoms with van der Waals surface area (Å²) >= 11 is 1.98. The van der Waals surface area contributed by atoms with E-state index in [1.807, 2.05) is 11.3 Å². The molecule has 2 heterocycles. The number of hydrogen-bond donors (Lipinski definition) is 1. The van der Waals surface area contributed by atoms with E-state index >= 15 is 0 Å². The molecule has 2 rings (SSSR count). The molecule has 120 valence electrons. The van der Waals surface area contributed by atoms with Gasteiger partial charge in [-0.05, 0) is 58.7 Å². The van der Waals surface area contributed by atoms with Gasteiger partial charge in [0, 0.05) is 34.4 Å². The molecule has 1 N–H and O–H groups in total. The van der Waals surface area contributed by atoms with E-state index in [-0.39, 0.29) is 5.54 Å². The van der Waals surface area contributed by atoms with Crippen LogP contribution in [0.5, 0.6) is 0 Å². The van der Waals surface area contributed by atoms with Gasteiger partial charge in [0.05, 0.1) is 0 Å². The largest absolute Gasteiger partial charge is 0.307 e. The minimum Gasteiger partial charge on any atom is -0.307 e. The highest BCUT2D eigenvalue weighted by atomic mass is 32.1. The Hall–Kier alpha value is -0.380. The lowest BCUT2D eigenvalue weighted by molar-refractivity contribution is 0.133. The number of piperidine rings is 1. The van der Waals surface area contributed by atoms with Crippen molar-refractivity contribution in [2.75, 3.05) is 6.54 Å². The Labute approximate surface area is 134 Å². The number of thiophene rings is 1. The van der Waals surface area contributed by atoms with Crippen LogP contribution in [0.4, 0.5) is 0 Å². The van der Waals surface area contributed by atoms with Crippen LogP contribution < -0.4 is 5.32 Å². The summed E-state index contributed by atoms with van der Waals surface area (Å²) in [5, 5.41) is 3.58. The number of hydrogen-bond acceptors (Lipinski definition) is 3. The van der Waals surface area contributed by atoms with E-state index < -0.39 is 0 Å². The lowest BCUT2D eigenvalue weighted by Gasteiger charge is -2.35. The van der Waals surface area contributed by atoms with Crippen molar-refractivity contribution in [1.29, 1.82) is 0 Å². The van der Waals surface area contributed by atoms with Gasteiger partial charge in [0.15, 0.2) is 0 Å². The van der Waals surface area contributed by atoms with E-state index in [2.05, 4.69) is 50.0 Å². The third kappa shape index (κ3) is 5.72. The Bertz CT molecular complexity index is 417. The second kappa shape index (κ2) is 7.75. The summed E-state index contributed by atoms with van der Waals surface area (Å²) in [5.74, 6) is 0. The van der Waals surface area contributed by atoms with Crippen molar-refractivity contribution in [3.63, 3.8) is 0 Å². The number of rotatable bonds is 6. The molecule has 0 radical (unpaired) electrons. The lowest BCUT2D eigenvalue weighted by Crippen LogP contribution is -2.38. The molecule has 0 bridgehead atoms. The molecule has 1 unspecified atom stereocenters. The molecule has 1 aliphatic heterocycles. The SMILES string of the molecule is CCCC1CCCCN1Cc1ccc(CNC(C)(C)C)s1. The quantitative estimate of drug-likeness (QED) is 0.812. The normalized spacial score (nSPS) is 20.9. The molecule has 0 aliphatic carbocycles. The van der Waals surface area contributed by atoms with Crippen LogP contribution in [-0.4, -0.2) is 23.0 Å². The fourth-order valence-electron chi connectivity index (χ4n) is 3.08. The van der Waals surface area contributed by atoms with Crippen LogP contribution in [0.2, 0.25) is 0 Å². The summed E-state index contributed by atoms with van der Waals surface area (Å²) < 4.78 is 0. The summed E-state index contributed by atoms with van der Waals surface area (Å²) in [6.45, 7) is 12.4. The number of likely N-dealkylation sites (tertiary alicyclic amines) is 1. The van der Waals surface area contributed by atoms with Gasteiger partial charge in [0.2, 0.25) is 0 Å². The van der Waals surface area contributed by atoms with Crippen LogP contribution in [0.25, 0.3) is 0 Å². The molecule has 3 heteroatoms. The molecule has 1 saturated heterocycles. The van der Waals surface area contributed by atoms with E-state index in [9.17, 15) is 0 Å². The molecule has 1 aromatic rings. The van der Waals surface area contributed by atoms with Crippen LogP contribution in [0.1, 0.15) is 69.6 Å². The van der Waals surface area contributed by atoms with Gasteiger partial charge in [-0.1, -0.05) is 19.8 Å². The molecule has 0 amide bonds. The monoisotopic (exact) mass is 308 g/mol. The Morgan fingerprint density at radius 3 is 2.71 bits per heavy atom. The second-order valence-corrected chi connectivity index (χ2v) is 8.63. The highest BCUT2D eigenvalue weighted by Crippen LogP contribution is 2.25. The van der Waals surface area contributed by atoms with Gasteiger partial charge < -0.3 is 5.32 Å². The lowest BCUT2D eigenvalue weighted by atomic mass is 9.98. The standard InChI is InChI=1S/C18H32N2S/c1-5-8-15-9-6-7-12-20(15)14-17-11-10-16(21-17)13-19-18(2,3)4/h10-11,15,19H,5-9,12-14H2,1-4H3. The van der Waals surface area contributed by atoms with Gasteiger partial charge in [0.1, 0.15) is 0 Å². The summed E-state index contributed by atoms with van der Waals surface area (Å²) in [7, 11) is 0. The maximum absolute atomic E-state index is 3.58. The Morgan fingerprint density at radius 2 is 2.00 bits per heavy atom. The van der Waals surface area contributed by atoms with E-state index in [0.717, 1.165) is 19.1 Å². The predicted molar refractivity (Wildman–Crippen MR) is 93.9 cm³/mol. The highest BCUT2D eigenvalue weighted by Gasteiger charge is 2.22. The molecule has 1 fully saturated rings. The van der Waals surface area contributed by atoms with Crippen molar-refractivity contribution in [2.45, 2.75) is 84.5 Å². The maximum Gasteiger partial charge on any atom is 0.0330 e. The third-order valence-corrected chi connectivity index (χ3v) is 5.31. The van der Waals surface area contributed by atoms with Gasteiger partial charge in [-0.2, -0.15) is 0 Å². The molecular weight excluding hydrogens is 276 g/mol. The Balaban J connectivity index is 1.88. The van der Waals surface area contributed by atoms with Gasteiger partial charge in [-0.25, -0.2) is 0 Å². The van der Waals surface area contributed by atoms with Gasteiger partial charge in [-0.15, -0.1) is 11.3 Å². The van der Waals surface area contributed by atoms with Crippen molar-refractivity contribution in [3.05, 3.63) is 21.9 Å². The zero-order valence-corrected chi connectivity index (χ0v) is 15.1. The molecule has 0 spiro atoms. The fraction of sp³-hybridized carbons (Fsp3) is 0.778. The van der Waals surface area contributed by atoms with Crippen LogP contribution in [0.3, 0.4) is 0 Å². The van der Waals surface area contributed by atoms with Crippen LogP contribution >= 0.6 is 11.3 Å². The van der Waals surface area contributed by atoms with Crippen molar-refractivity contribution in [2.24, 2.45) is 0 Å². The zero-order chi connectivity index (χ0) is 15.3. The minimum absolute atomic E-state index is 0.198. The Morgan fingerprint density at radius 1 is 1.24 bits per heavy atom. The number of nitrogens with one attached hydrogen (secondary N) is 1. The van der Waals surface area contributed by atoms with E-state index in [1.165, 1.54) is 48.4 Å². The molecule has 0 saturated carbocycles. The molecule has 0 aromatic carbocycles. The molecule has 2 nitrogen and oxygen atoms in total. The minimum atomic E-state index is 0.198. The first kappa shape index (κ1) is 17.0. The third-order valence-electron chi connectivity index (χ3n) is 4.24. The predicted octanol–water partition coefficient (Wildman–Crippen LogP) is 4.79. The number of nitrogens with zero attached hydrogens (tertiary/aromatic N) is 1. The summed E-state index contributed by atoms with van der Waals surface area (Å²) in [5.41, 5.74) is 0.198. The fourth-order valence-corrected chi connectivity index (χ4v) is 4.07. The Kier molecular flexibility index (Phi) is 6.27. The van der Waals surface area contributed by atoms with Crippen molar-refractivity contribution >= 4 is 11.3 Å². The first-order chi connectivity index (χ1) is 9.98. The molecule has 1 atom stereocenters. The molecule has 1 aromatic heterocycles. The van der Waals surface area contributed by atoms with Crippen molar-refractivity contribution < 1.29 is 0 Å². The molecule has 21 heavy (non-hydrogen) atoms. The van der Waals surface area contributed by atoms with Crippen LogP contribution in [0, 0.1) is 0 Å². The average molecular weight is 309 g/mol. The average Bonchev–Trinajstić information content (AvgIpc) is 2.86. The van der Waals surface area contributed by atoms with E-state index in [1.54, 1.807) is 0 Å². The smallest absolute Gasteiger partial charge is 0.0330 e. The van der Waals surface area contributed by atoms with Gasteiger partial charge in [0.25, 0.3) is 0 Å². The van der Waals surface area contributed by atoms with Gasteiger partial charge >= 0.3 is 0 Å². The van der Waals surface area contributed by atoms with E-state index in [0.29, 0.717) is 0 Å².